The first-order valence-electron chi connectivity index (χ1n) is 8.20. The molecule has 1 fully saturated rings. The number of carbonyl (C=O) groups is 2. The number of pyridine rings is 1. The summed E-state index contributed by atoms with van der Waals surface area (Å²) in [5.41, 5.74) is 3.17. The van der Waals surface area contributed by atoms with E-state index in [4.69, 9.17) is 9.84 Å². The summed E-state index contributed by atoms with van der Waals surface area (Å²) in [5, 5.41) is 11.9. The van der Waals surface area contributed by atoms with Crippen molar-refractivity contribution >= 4 is 12.0 Å². The van der Waals surface area contributed by atoms with Crippen molar-refractivity contribution in [2.45, 2.75) is 18.9 Å². The lowest BCUT2D eigenvalue weighted by molar-refractivity contribution is 0.0500. The maximum Gasteiger partial charge on any atom is 0.407 e. The van der Waals surface area contributed by atoms with Crippen LogP contribution in [0.25, 0.3) is 11.3 Å². The summed E-state index contributed by atoms with van der Waals surface area (Å²) in [4.78, 5) is 31.7. The van der Waals surface area contributed by atoms with Gasteiger partial charge in [0.15, 0.2) is 0 Å². The first kappa shape index (κ1) is 15.5. The van der Waals surface area contributed by atoms with Gasteiger partial charge in [-0.3, -0.25) is 9.78 Å². The van der Waals surface area contributed by atoms with Crippen LogP contribution in [0.2, 0.25) is 0 Å². The minimum atomic E-state index is -0.922. The lowest BCUT2D eigenvalue weighted by atomic mass is 10.1. The molecule has 2 aromatic rings. The van der Waals surface area contributed by atoms with Gasteiger partial charge in [-0.15, -0.1) is 0 Å². The highest BCUT2D eigenvalue weighted by Gasteiger charge is 2.32. The highest BCUT2D eigenvalue weighted by atomic mass is 16.5. The number of H-pyrrole nitrogens is 1. The van der Waals surface area contributed by atoms with Crippen molar-refractivity contribution in [1.29, 1.82) is 0 Å². The average molecular weight is 342 g/mol. The van der Waals surface area contributed by atoms with Crippen LogP contribution in [-0.2, 0) is 6.42 Å². The minimum absolute atomic E-state index is 0.0770. The van der Waals surface area contributed by atoms with Gasteiger partial charge in [0, 0.05) is 37.0 Å². The van der Waals surface area contributed by atoms with Gasteiger partial charge in [0.25, 0.3) is 5.91 Å². The topological polar surface area (TPSA) is 108 Å². The van der Waals surface area contributed by atoms with Crippen molar-refractivity contribution in [3.05, 3.63) is 35.8 Å². The molecule has 0 unspecified atom stereocenters. The molecular formula is C17H18N4O4. The summed E-state index contributed by atoms with van der Waals surface area (Å²) in [7, 11) is 0. The Hall–Kier alpha value is -3.03. The van der Waals surface area contributed by atoms with Gasteiger partial charge in [0.2, 0.25) is 0 Å². The zero-order chi connectivity index (χ0) is 17.4. The monoisotopic (exact) mass is 342 g/mol. The van der Waals surface area contributed by atoms with E-state index >= 15 is 0 Å². The van der Waals surface area contributed by atoms with E-state index in [-0.39, 0.29) is 18.6 Å². The van der Waals surface area contributed by atoms with Crippen LogP contribution in [0.15, 0.2) is 24.5 Å². The Morgan fingerprint density at radius 1 is 1.44 bits per heavy atom. The van der Waals surface area contributed by atoms with Gasteiger partial charge in [0.05, 0.1) is 23.5 Å². The number of aromatic amines is 1. The number of carboxylic acid groups (broad SMARTS) is 1. The second kappa shape index (κ2) is 6.12. The van der Waals surface area contributed by atoms with Crippen LogP contribution in [0.1, 0.15) is 22.5 Å². The third-order valence-electron chi connectivity index (χ3n) is 4.70. The molecule has 0 saturated carbocycles. The zero-order valence-electron chi connectivity index (χ0n) is 13.5. The number of ether oxygens (including phenoxy) is 1. The number of carbonyl (C=O) groups excluding carboxylic acids is 1. The van der Waals surface area contributed by atoms with Crippen LogP contribution in [0, 0.1) is 0 Å². The van der Waals surface area contributed by atoms with Crippen LogP contribution in [0.4, 0.5) is 4.79 Å². The predicted octanol–water partition coefficient (Wildman–Crippen LogP) is 1.49. The van der Waals surface area contributed by atoms with E-state index in [0.29, 0.717) is 24.4 Å². The first-order valence-corrected chi connectivity index (χ1v) is 8.20. The largest absolute Gasteiger partial charge is 0.489 e. The normalized spacial score (nSPS) is 19.0. The van der Waals surface area contributed by atoms with Crippen molar-refractivity contribution < 1.29 is 19.4 Å². The number of hydrogen-bond donors (Lipinski definition) is 3. The molecular weight excluding hydrogens is 324 g/mol. The van der Waals surface area contributed by atoms with Crippen molar-refractivity contribution in [2.24, 2.45) is 0 Å². The standard InChI is InChI=1S/C17H18N4O4/c22-16-12-7-14(20-13(12)2-5-19-16)11-1-4-18-8-15(11)25-9-10-3-6-21(10)17(23)24/h1,4,7-8,10,20H,2-3,5-6,9H2,(H,19,22)(H,23,24)/t10-/m1/s1. The Morgan fingerprint density at radius 3 is 3.04 bits per heavy atom. The Kier molecular flexibility index (Phi) is 3.79. The molecule has 130 valence electrons. The molecule has 1 saturated heterocycles. The van der Waals surface area contributed by atoms with Crippen LogP contribution < -0.4 is 10.1 Å². The molecule has 0 spiro atoms. The lowest BCUT2D eigenvalue weighted by Gasteiger charge is -2.38. The third-order valence-corrected chi connectivity index (χ3v) is 4.70. The van der Waals surface area contributed by atoms with Crippen LogP contribution in [0.5, 0.6) is 5.75 Å². The molecule has 0 aromatic carbocycles. The number of nitrogens with zero attached hydrogens (tertiary/aromatic N) is 2. The maximum atomic E-state index is 11.9. The molecule has 2 aliphatic rings. The number of nitrogens with one attached hydrogen (secondary N) is 2. The molecule has 3 N–H and O–H groups in total. The van der Waals surface area contributed by atoms with Crippen molar-refractivity contribution in [2.75, 3.05) is 19.7 Å². The first-order chi connectivity index (χ1) is 12.1. The van der Waals surface area contributed by atoms with Crippen molar-refractivity contribution in [1.82, 2.24) is 20.2 Å². The fourth-order valence-corrected chi connectivity index (χ4v) is 3.21. The molecule has 8 heteroatoms. The van der Waals surface area contributed by atoms with Crippen LogP contribution in [0.3, 0.4) is 0 Å². The fraction of sp³-hybridized carbons (Fsp3) is 0.353. The number of likely N-dealkylation sites (tertiary alicyclic amines) is 1. The van der Waals surface area contributed by atoms with E-state index in [1.165, 1.54) is 4.90 Å². The third kappa shape index (κ3) is 2.79. The minimum Gasteiger partial charge on any atom is -0.489 e. The molecule has 0 radical (unpaired) electrons. The summed E-state index contributed by atoms with van der Waals surface area (Å²) in [6.07, 6.45) is 3.90. The van der Waals surface area contributed by atoms with E-state index in [1.54, 1.807) is 12.4 Å². The molecule has 2 amide bonds. The molecule has 2 aromatic heterocycles. The molecule has 25 heavy (non-hydrogen) atoms. The predicted molar refractivity (Wildman–Crippen MR) is 88.7 cm³/mol. The highest BCUT2D eigenvalue weighted by Crippen LogP contribution is 2.31. The summed E-state index contributed by atoms with van der Waals surface area (Å²) < 4.78 is 5.85. The maximum absolute atomic E-state index is 11.9. The Balaban J connectivity index is 1.55. The van der Waals surface area contributed by atoms with Crippen LogP contribution in [-0.4, -0.2) is 57.7 Å². The quantitative estimate of drug-likeness (QED) is 0.780. The molecule has 4 heterocycles. The van der Waals surface area contributed by atoms with E-state index in [1.807, 2.05) is 12.1 Å². The van der Waals surface area contributed by atoms with Gasteiger partial charge in [-0.2, -0.15) is 0 Å². The van der Waals surface area contributed by atoms with E-state index in [2.05, 4.69) is 15.3 Å². The summed E-state index contributed by atoms with van der Waals surface area (Å²) in [6.45, 7) is 1.45. The lowest BCUT2D eigenvalue weighted by Crippen LogP contribution is -2.53. The highest BCUT2D eigenvalue weighted by molar-refractivity contribution is 5.98. The Morgan fingerprint density at radius 2 is 2.32 bits per heavy atom. The molecule has 0 aliphatic carbocycles. The molecule has 0 bridgehead atoms. The molecule has 8 nitrogen and oxygen atoms in total. The number of rotatable bonds is 4. The number of fused-ring (bicyclic) bond motifs is 1. The van der Waals surface area contributed by atoms with Crippen LogP contribution >= 0.6 is 0 Å². The van der Waals surface area contributed by atoms with Gasteiger partial charge in [-0.1, -0.05) is 0 Å². The SMILES string of the molecule is O=C1NCCc2[nH]c(-c3ccncc3OC[C@H]3CCN3C(=O)O)cc21. The second-order valence-corrected chi connectivity index (χ2v) is 6.18. The average Bonchev–Trinajstić information content (AvgIpc) is 2.99. The summed E-state index contributed by atoms with van der Waals surface area (Å²) in [5.74, 6) is 0.491. The number of hydrogen-bond acceptors (Lipinski definition) is 4. The summed E-state index contributed by atoms with van der Waals surface area (Å²) in [6, 6.07) is 3.51. The Bertz CT molecular complexity index is 832. The number of aromatic nitrogens is 2. The zero-order valence-corrected chi connectivity index (χ0v) is 13.5. The van der Waals surface area contributed by atoms with E-state index in [0.717, 1.165) is 29.8 Å². The van der Waals surface area contributed by atoms with E-state index < -0.39 is 6.09 Å². The van der Waals surface area contributed by atoms with Gasteiger partial charge >= 0.3 is 6.09 Å². The van der Waals surface area contributed by atoms with Gasteiger partial charge in [-0.05, 0) is 18.6 Å². The van der Waals surface area contributed by atoms with E-state index in [9.17, 15) is 9.59 Å². The van der Waals surface area contributed by atoms with Gasteiger partial charge in [-0.25, -0.2) is 4.79 Å². The number of amides is 2. The molecule has 1 atom stereocenters. The molecule has 2 aliphatic heterocycles. The Labute approximate surface area is 143 Å². The second-order valence-electron chi connectivity index (χ2n) is 6.18. The van der Waals surface area contributed by atoms with Gasteiger partial charge < -0.3 is 25.0 Å². The van der Waals surface area contributed by atoms with Crippen molar-refractivity contribution in [3.63, 3.8) is 0 Å². The van der Waals surface area contributed by atoms with Crippen molar-refractivity contribution in [3.8, 4) is 17.0 Å². The fourth-order valence-electron chi connectivity index (χ4n) is 3.21. The van der Waals surface area contributed by atoms with Gasteiger partial charge in [0.1, 0.15) is 12.4 Å². The molecule has 4 rings (SSSR count). The summed E-state index contributed by atoms with van der Waals surface area (Å²) >= 11 is 0. The smallest absolute Gasteiger partial charge is 0.407 e.